The first-order chi connectivity index (χ1) is 26.7. The van der Waals surface area contributed by atoms with Crippen LogP contribution in [0.25, 0.3) is 11.1 Å². The van der Waals surface area contributed by atoms with E-state index in [2.05, 4.69) is 22.8 Å². The fourth-order valence-corrected chi connectivity index (χ4v) is 7.26. The first-order valence-electron chi connectivity index (χ1n) is 19.0. The molecule has 0 bridgehead atoms. The lowest BCUT2D eigenvalue weighted by Crippen LogP contribution is -2.54. The summed E-state index contributed by atoms with van der Waals surface area (Å²) in [5, 5.41) is 15.5. The number of hydrogen-bond acceptors (Lipinski definition) is 11. The lowest BCUT2D eigenvalue weighted by Gasteiger charge is -2.43. The minimum absolute atomic E-state index is 0.0976. The zero-order valence-corrected chi connectivity index (χ0v) is 32.9. The molecular formula is C43H52N2O11. The van der Waals surface area contributed by atoms with E-state index in [4.69, 9.17) is 23.7 Å². The zero-order valence-electron chi connectivity index (χ0n) is 32.9. The molecule has 1 aliphatic carbocycles. The van der Waals surface area contributed by atoms with Crippen molar-refractivity contribution in [2.75, 3.05) is 18.5 Å². The molecule has 2 amide bonds. The van der Waals surface area contributed by atoms with Crippen molar-refractivity contribution in [2.24, 2.45) is 23.7 Å². The molecule has 1 heterocycles. The van der Waals surface area contributed by atoms with E-state index < -0.39 is 54.4 Å². The summed E-state index contributed by atoms with van der Waals surface area (Å²) in [6.07, 6.45) is -3.35. The highest BCUT2D eigenvalue weighted by molar-refractivity contribution is 5.97. The monoisotopic (exact) mass is 772 g/mol. The number of aliphatic hydroxyl groups is 1. The van der Waals surface area contributed by atoms with Crippen LogP contribution in [0.3, 0.4) is 0 Å². The number of esters is 2. The molecule has 2 aliphatic rings. The Hall–Kier alpha value is -5.27. The molecule has 0 spiro atoms. The largest absolute Gasteiger partial charge is 0.463 e. The highest BCUT2D eigenvalue weighted by Gasteiger charge is 2.45. The molecule has 7 atom stereocenters. The third-order valence-corrected chi connectivity index (χ3v) is 10.5. The van der Waals surface area contributed by atoms with Crippen molar-refractivity contribution >= 4 is 35.4 Å². The molecule has 3 aromatic carbocycles. The molecule has 1 saturated heterocycles. The van der Waals surface area contributed by atoms with Crippen LogP contribution in [0.4, 0.5) is 10.5 Å². The average molecular weight is 773 g/mol. The number of ketones is 1. The van der Waals surface area contributed by atoms with Crippen molar-refractivity contribution in [2.45, 2.75) is 92.0 Å². The number of ether oxygens (including phenoxy) is 5. The highest BCUT2D eigenvalue weighted by Crippen LogP contribution is 2.44. The van der Waals surface area contributed by atoms with E-state index in [1.165, 1.54) is 13.8 Å². The van der Waals surface area contributed by atoms with E-state index in [0.29, 0.717) is 5.56 Å². The van der Waals surface area contributed by atoms with E-state index >= 15 is 0 Å². The number of carbonyl (C=O) groups is 5. The number of rotatable bonds is 15. The van der Waals surface area contributed by atoms with E-state index in [0.717, 1.165) is 22.3 Å². The van der Waals surface area contributed by atoms with Crippen LogP contribution in [-0.2, 0) is 44.7 Å². The van der Waals surface area contributed by atoms with Crippen molar-refractivity contribution in [3.63, 3.8) is 0 Å². The molecule has 0 unspecified atom stereocenters. The van der Waals surface area contributed by atoms with Crippen molar-refractivity contribution in [3.05, 3.63) is 83.4 Å². The first-order valence-corrected chi connectivity index (χ1v) is 19.0. The molecule has 3 aromatic rings. The number of aliphatic hydroxyl groups excluding tert-OH is 1. The maximum absolute atomic E-state index is 13.6. The predicted molar refractivity (Wildman–Crippen MR) is 206 cm³/mol. The lowest BCUT2D eigenvalue weighted by molar-refractivity contribution is -0.247. The average Bonchev–Trinajstić information content (AvgIpc) is 3.48. The Balaban J connectivity index is 1.22. The Kier molecular flexibility index (Phi) is 13.9. The van der Waals surface area contributed by atoms with Gasteiger partial charge in [-0.25, -0.2) is 4.79 Å². The third kappa shape index (κ3) is 9.93. The second kappa shape index (κ2) is 18.6. The van der Waals surface area contributed by atoms with Crippen LogP contribution < -0.4 is 15.4 Å². The molecule has 0 aromatic heterocycles. The van der Waals surface area contributed by atoms with E-state index in [9.17, 15) is 29.1 Å². The number of hydrogen-bond donors (Lipinski definition) is 3. The molecule has 1 fully saturated rings. The molecule has 300 valence electrons. The maximum Gasteiger partial charge on any atom is 0.407 e. The number of fused-ring (bicyclic) bond motifs is 3. The van der Waals surface area contributed by atoms with Crippen LogP contribution in [-0.4, -0.2) is 72.6 Å². The van der Waals surface area contributed by atoms with Gasteiger partial charge in [0.25, 0.3) is 0 Å². The van der Waals surface area contributed by atoms with Crippen molar-refractivity contribution in [1.29, 1.82) is 0 Å². The molecular weight excluding hydrogens is 720 g/mol. The number of nitrogens with one attached hydrogen (secondary N) is 2. The summed E-state index contributed by atoms with van der Waals surface area (Å²) in [5.41, 5.74) is 5.13. The number of anilines is 1. The summed E-state index contributed by atoms with van der Waals surface area (Å²) >= 11 is 0. The number of benzene rings is 3. The minimum atomic E-state index is -0.920. The number of Topliss-reactive ketones (excluding diaryl/α,β-unsaturated/α-hetero) is 1. The van der Waals surface area contributed by atoms with Gasteiger partial charge in [-0.1, -0.05) is 89.2 Å². The minimum Gasteiger partial charge on any atom is -0.463 e. The van der Waals surface area contributed by atoms with Crippen molar-refractivity contribution in [3.8, 4) is 16.9 Å². The summed E-state index contributed by atoms with van der Waals surface area (Å²) in [4.78, 5) is 63.8. The summed E-state index contributed by atoms with van der Waals surface area (Å²) < 4.78 is 28.9. The van der Waals surface area contributed by atoms with Gasteiger partial charge < -0.3 is 39.4 Å². The van der Waals surface area contributed by atoms with Crippen LogP contribution >= 0.6 is 0 Å². The van der Waals surface area contributed by atoms with E-state index in [-0.39, 0.29) is 67.1 Å². The standard InChI is InChI=1S/C43H52N2O11/c1-23(2)39(45-43(51)53-21-34-32-14-10-8-12-30(32)31-13-9-11-15-33(31)34)36(49)18-24(3)41(50)44-35-17-16-29(20-46)19-37(35)55-42-26(5)25(4)40(54-28(7)48)38(56-42)22-52-27(6)47/h8-17,19,23-26,34,38-40,42,46H,18,20-22H2,1-7H3,(H,44,50)(H,45,51)/t24-,25-,26-,38-,39+,40+,42-/m1/s1. The molecule has 13 heteroatoms. The Morgan fingerprint density at radius 3 is 2.05 bits per heavy atom. The van der Waals surface area contributed by atoms with E-state index in [1.54, 1.807) is 25.1 Å². The third-order valence-electron chi connectivity index (χ3n) is 10.5. The summed E-state index contributed by atoms with van der Waals surface area (Å²) in [6, 6.07) is 19.9. The fourth-order valence-electron chi connectivity index (χ4n) is 7.26. The van der Waals surface area contributed by atoms with Crippen molar-refractivity contribution in [1.82, 2.24) is 5.32 Å². The molecule has 5 rings (SSSR count). The van der Waals surface area contributed by atoms with Gasteiger partial charge in [0.2, 0.25) is 12.2 Å². The van der Waals surface area contributed by atoms with Gasteiger partial charge in [0.05, 0.1) is 18.3 Å². The highest BCUT2D eigenvalue weighted by atomic mass is 16.7. The molecule has 3 N–H and O–H groups in total. The Morgan fingerprint density at radius 2 is 1.46 bits per heavy atom. The maximum atomic E-state index is 13.6. The van der Waals surface area contributed by atoms with Crippen LogP contribution in [0.1, 0.15) is 77.5 Å². The van der Waals surface area contributed by atoms with Crippen LogP contribution in [0.2, 0.25) is 0 Å². The number of alkyl carbamates (subject to hydrolysis) is 1. The van der Waals surface area contributed by atoms with Crippen molar-refractivity contribution < 1.29 is 52.8 Å². The number of carbonyl (C=O) groups excluding carboxylic acids is 5. The van der Waals surface area contributed by atoms with Gasteiger partial charge in [-0.05, 0) is 45.9 Å². The van der Waals surface area contributed by atoms with Gasteiger partial charge in [0.15, 0.2) is 5.78 Å². The lowest BCUT2D eigenvalue weighted by atomic mass is 9.84. The van der Waals surface area contributed by atoms with Gasteiger partial charge in [0.1, 0.15) is 31.2 Å². The SMILES string of the molecule is CC(=O)OC[C@H]1O[C@@H](Oc2cc(CO)ccc2NC(=O)[C@H](C)CC(=O)[C@@H](NC(=O)OCC2c3ccccc3-c3ccccc32)C(C)C)[C@H](C)[C@@H](C)[C@@H]1OC(C)=O. The molecule has 0 radical (unpaired) electrons. The Morgan fingerprint density at radius 1 is 0.821 bits per heavy atom. The van der Waals surface area contributed by atoms with E-state index in [1.807, 2.05) is 64.1 Å². The fraction of sp³-hybridized carbons (Fsp3) is 0.465. The topological polar surface area (TPSA) is 176 Å². The molecule has 13 nitrogen and oxygen atoms in total. The zero-order chi connectivity index (χ0) is 40.7. The second-order valence-electron chi connectivity index (χ2n) is 15.0. The molecule has 56 heavy (non-hydrogen) atoms. The molecule has 1 aliphatic heterocycles. The normalized spacial score (nSPS) is 21.2. The van der Waals surface area contributed by atoms with Gasteiger partial charge in [-0.2, -0.15) is 0 Å². The Bertz CT molecular complexity index is 1870. The van der Waals surface area contributed by atoms with Gasteiger partial charge in [0, 0.05) is 43.9 Å². The van der Waals surface area contributed by atoms with Crippen LogP contribution in [0.5, 0.6) is 5.75 Å². The summed E-state index contributed by atoms with van der Waals surface area (Å²) in [5.74, 6) is -3.48. The quantitative estimate of drug-likeness (QED) is 0.119. The van der Waals surface area contributed by atoms with Crippen LogP contribution in [0, 0.1) is 23.7 Å². The van der Waals surface area contributed by atoms with Gasteiger partial charge >= 0.3 is 18.0 Å². The second-order valence-corrected chi connectivity index (χ2v) is 15.0. The predicted octanol–water partition coefficient (Wildman–Crippen LogP) is 6.15. The van der Waals surface area contributed by atoms with Gasteiger partial charge in [-0.15, -0.1) is 0 Å². The summed E-state index contributed by atoms with van der Waals surface area (Å²) in [7, 11) is 0. The summed E-state index contributed by atoms with van der Waals surface area (Å²) in [6.45, 7) is 11.1. The smallest absolute Gasteiger partial charge is 0.407 e. The molecule has 0 saturated carbocycles. The number of amides is 2. The van der Waals surface area contributed by atoms with Gasteiger partial charge in [-0.3, -0.25) is 19.2 Å². The first kappa shape index (κ1) is 41.9. The Labute approximate surface area is 327 Å². The van der Waals surface area contributed by atoms with Crippen LogP contribution in [0.15, 0.2) is 66.7 Å².